The van der Waals surface area contributed by atoms with Crippen LogP contribution in [0.15, 0.2) is 42.6 Å². The van der Waals surface area contributed by atoms with Gasteiger partial charge >= 0.3 is 0 Å². The lowest BCUT2D eigenvalue weighted by molar-refractivity contribution is -0.140. The number of nitrogens with zero attached hydrogens (tertiary/aromatic N) is 4. The number of rotatable bonds is 4. The summed E-state index contributed by atoms with van der Waals surface area (Å²) in [4.78, 5) is 17.1. The standard InChI is InChI=1S/C19H24N4O2/c24-19(21-11-13-25-14-12-21)18-7-4-9-22(18)15-16-8-10-23(20-16)17-5-2-1-3-6-17/h1-3,5-6,8,10,18H,4,7,9,11-15H2. The number of likely N-dealkylation sites (tertiary alicyclic amines) is 1. The minimum atomic E-state index is -0.0139. The molecular weight excluding hydrogens is 316 g/mol. The van der Waals surface area contributed by atoms with Crippen molar-refractivity contribution in [1.82, 2.24) is 19.6 Å². The summed E-state index contributed by atoms with van der Waals surface area (Å²) in [6.07, 6.45) is 4.00. The second-order valence-electron chi connectivity index (χ2n) is 6.65. The van der Waals surface area contributed by atoms with Crippen molar-refractivity contribution in [2.75, 3.05) is 32.8 Å². The van der Waals surface area contributed by atoms with E-state index in [1.165, 1.54) is 0 Å². The normalized spacial score (nSPS) is 21.6. The lowest BCUT2D eigenvalue weighted by atomic mass is 10.2. The SMILES string of the molecule is O=C(C1CCCN1Cc1ccn(-c2ccccc2)n1)N1CCOCC1. The molecule has 0 aliphatic carbocycles. The molecule has 1 atom stereocenters. The Morgan fingerprint density at radius 1 is 1.12 bits per heavy atom. The number of aromatic nitrogens is 2. The van der Waals surface area contributed by atoms with E-state index in [0.29, 0.717) is 26.3 Å². The molecule has 6 nitrogen and oxygen atoms in total. The Morgan fingerprint density at radius 3 is 2.72 bits per heavy atom. The predicted molar refractivity (Wildman–Crippen MR) is 94.4 cm³/mol. The topological polar surface area (TPSA) is 50.6 Å². The number of hydrogen-bond donors (Lipinski definition) is 0. The van der Waals surface area contributed by atoms with Crippen molar-refractivity contribution in [2.45, 2.75) is 25.4 Å². The minimum absolute atomic E-state index is 0.0139. The number of hydrogen-bond acceptors (Lipinski definition) is 4. The van der Waals surface area contributed by atoms with Crippen LogP contribution in [0.3, 0.4) is 0 Å². The molecular formula is C19H24N4O2. The molecule has 2 aliphatic heterocycles. The zero-order chi connectivity index (χ0) is 17.1. The Morgan fingerprint density at radius 2 is 1.92 bits per heavy atom. The van der Waals surface area contributed by atoms with E-state index in [1.807, 2.05) is 52.2 Å². The Hall–Kier alpha value is -2.18. The highest BCUT2D eigenvalue weighted by atomic mass is 16.5. The summed E-state index contributed by atoms with van der Waals surface area (Å²) in [5.74, 6) is 0.253. The van der Waals surface area contributed by atoms with E-state index in [9.17, 15) is 4.79 Å². The first-order valence-electron chi connectivity index (χ1n) is 9.02. The Bertz CT molecular complexity index is 709. The third-order valence-corrected chi connectivity index (χ3v) is 5.00. The van der Waals surface area contributed by atoms with Gasteiger partial charge in [-0.25, -0.2) is 4.68 Å². The van der Waals surface area contributed by atoms with Gasteiger partial charge in [-0.05, 0) is 37.6 Å². The maximum atomic E-state index is 12.8. The van der Waals surface area contributed by atoms with Crippen LogP contribution in [-0.4, -0.2) is 64.4 Å². The molecule has 132 valence electrons. The molecule has 0 saturated carbocycles. The zero-order valence-corrected chi connectivity index (χ0v) is 14.4. The highest BCUT2D eigenvalue weighted by Gasteiger charge is 2.34. The summed E-state index contributed by atoms with van der Waals surface area (Å²) >= 11 is 0. The molecule has 1 amide bonds. The summed E-state index contributed by atoms with van der Waals surface area (Å²) < 4.78 is 7.25. The summed E-state index contributed by atoms with van der Waals surface area (Å²) in [6, 6.07) is 12.1. The van der Waals surface area contributed by atoms with E-state index < -0.39 is 0 Å². The van der Waals surface area contributed by atoms with Gasteiger partial charge in [-0.15, -0.1) is 0 Å². The van der Waals surface area contributed by atoms with Crippen molar-refractivity contribution in [3.63, 3.8) is 0 Å². The molecule has 1 aromatic carbocycles. The van der Waals surface area contributed by atoms with E-state index in [0.717, 1.165) is 37.3 Å². The van der Waals surface area contributed by atoms with Crippen LogP contribution in [0.1, 0.15) is 18.5 Å². The molecule has 1 unspecified atom stereocenters. The molecule has 25 heavy (non-hydrogen) atoms. The Kier molecular flexibility index (Phi) is 4.81. The maximum Gasteiger partial charge on any atom is 0.240 e. The second kappa shape index (κ2) is 7.37. The van der Waals surface area contributed by atoms with Gasteiger partial charge in [0.25, 0.3) is 0 Å². The van der Waals surface area contributed by atoms with Crippen molar-refractivity contribution in [3.8, 4) is 5.69 Å². The molecule has 2 saturated heterocycles. The Balaban J connectivity index is 1.43. The largest absolute Gasteiger partial charge is 0.378 e. The van der Waals surface area contributed by atoms with Gasteiger partial charge in [0.2, 0.25) is 5.91 Å². The first kappa shape index (κ1) is 16.3. The molecule has 4 rings (SSSR count). The monoisotopic (exact) mass is 340 g/mol. The Labute approximate surface area is 148 Å². The number of carbonyl (C=O) groups excluding carboxylic acids is 1. The van der Waals surface area contributed by atoms with E-state index in [4.69, 9.17) is 4.74 Å². The van der Waals surface area contributed by atoms with Crippen molar-refractivity contribution >= 4 is 5.91 Å². The smallest absolute Gasteiger partial charge is 0.240 e. The number of ether oxygens (including phenoxy) is 1. The minimum Gasteiger partial charge on any atom is -0.378 e. The predicted octanol–water partition coefficient (Wildman–Crippen LogP) is 1.70. The summed E-state index contributed by atoms with van der Waals surface area (Å²) in [6.45, 7) is 4.41. The van der Waals surface area contributed by atoms with E-state index in [-0.39, 0.29) is 11.9 Å². The van der Waals surface area contributed by atoms with Crippen LogP contribution in [0.4, 0.5) is 0 Å². The van der Waals surface area contributed by atoms with Crippen LogP contribution < -0.4 is 0 Å². The average molecular weight is 340 g/mol. The van der Waals surface area contributed by atoms with Crippen molar-refractivity contribution in [3.05, 3.63) is 48.3 Å². The van der Waals surface area contributed by atoms with Crippen LogP contribution in [0, 0.1) is 0 Å². The van der Waals surface area contributed by atoms with Crippen LogP contribution in [0.5, 0.6) is 0 Å². The second-order valence-corrected chi connectivity index (χ2v) is 6.65. The van der Waals surface area contributed by atoms with E-state index >= 15 is 0 Å². The lowest BCUT2D eigenvalue weighted by Gasteiger charge is -2.32. The van der Waals surface area contributed by atoms with Gasteiger partial charge in [0.15, 0.2) is 0 Å². The molecule has 3 heterocycles. The third-order valence-electron chi connectivity index (χ3n) is 5.00. The van der Waals surface area contributed by atoms with E-state index in [2.05, 4.69) is 10.00 Å². The maximum absolute atomic E-state index is 12.8. The number of benzene rings is 1. The number of carbonyl (C=O) groups is 1. The highest BCUT2D eigenvalue weighted by Crippen LogP contribution is 2.22. The molecule has 0 radical (unpaired) electrons. The first-order chi connectivity index (χ1) is 12.3. The van der Waals surface area contributed by atoms with Crippen molar-refractivity contribution < 1.29 is 9.53 Å². The van der Waals surface area contributed by atoms with Gasteiger partial charge in [0.05, 0.1) is 30.6 Å². The fraction of sp³-hybridized carbons (Fsp3) is 0.474. The number of para-hydroxylation sites is 1. The van der Waals surface area contributed by atoms with Crippen LogP contribution in [-0.2, 0) is 16.1 Å². The van der Waals surface area contributed by atoms with Crippen molar-refractivity contribution in [1.29, 1.82) is 0 Å². The number of morpholine rings is 1. The van der Waals surface area contributed by atoms with Crippen LogP contribution in [0.2, 0.25) is 0 Å². The quantitative estimate of drug-likeness (QED) is 0.850. The van der Waals surface area contributed by atoms with Gasteiger partial charge in [-0.3, -0.25) is 9.69 Å². The molecule has 6 heteroatoms. The van der Waals surface area contributed by atoms with Gasteiger partial charge < -0.3 is 9.64 Å². The molecule has 2 fully saturated rings. The van der Waals surface area contributed by atoms with Gasteiger partial charge in [0, 0.05) is 25.8 Å². The molecule has 2 aliphatic rings. The summed E-state index contributed by atoms with van der Waals surface area (Å²) in [5, 5.41) is 4.68. The molecule has 0 N–H and O–H groups in total. The fourth-order valence-corrected chi connectivity index (χ4v) is 3.67. The lowest BCUT2D eigenvalue weighted by Crippen LogP contribution is -2.49. The van der Waals surface area contributed by atoms with Crippen molar-refractivity contribution in [2.24, 2.45) is 0 Å². The van der Waals surface area contributed by atoms with E-state index in [1.54, 1.807) is 0 Å². The first-order valence-corrected chi connectivity index (χ1v) is 9.02. The molecule has 1 aromatic heterocycles. The molecule has 2 aromatic rings. The highest BCUT2D eigenvalue weighted by molar-refractivity contribution is 5.82. The summed E-state index contributed by atoms with van der Waals surface area (Å²) in [5.41, 5.74) is 2.06. The zero-order valence-electron chi connectivity index (χ0n) is 14.4. The molecule has 0 spiro atoms. The van der Waals surface area contributed by atoms with Gasteiger partial charge in [-0.2, -0.15) is 5.10 Å². The van der Waals surface area contributed by atoms with Crippen LogP contribution in [0.25, 0.3) is 5.69 Å². The molecule has 0 bridgehead atoms. The number of amides is 1. The van der Waals surface area contributed by atoms with Gasteiger partial charge in [0.1, 0.15) is 0 Å². The average Bonchev–Trinajstić information content (AvgIpc) is 3.33. The third kappa shape index (κ3) is 3.60. The van der Waals surface area contributed by atoms with Gasteiger partial charge in [-0.1, -0.05) is 18.2 Å². The fourth-order valence-electron chi connectivity index (χ4n) is 3.67. The van der Waals surface area contributed by atoms with Crippen LogP contribution >= 0.6 is 0 Å². The summed E-state index contributed by atoms with van der Waals surface area (Å²) in [7, 11) is 0.